The zero-order chi connectivity index (χ0) is 9.23. The van der Waals surface area contributed by atoms with Gasteiger partial charge in [-0.3, -0.25) is 0 Å². The van der Waals surface area contributed by atoms with Crippen molar-refractivity contribution in [3.63, 3.8) is 0 Å². The van der Waals surface area contributed by atoms with Gasteiger partial charge in [-0.1, -0.05) is 25.5 Å². The molecule has 0 atom stereocenters. The fourth-order valence-electron chi connectivity index (χ4n) is 0.628. The second-order valence-corrected chi connectivity index (χ2v) is 2.25. The zero-order valence-electron chi connectivity index (χ0n) is 7.71. The molecule has 0 N–H and O–H groups in total. The van der Waals surface area contributed by atoms with E-state index in [1.165, 1.54) is 0 Å². The normalized spacial score (nSPS) is 10.2. The molecule has 0 fully saturated rings. The van der Waals surface area contributed by atoms with E-state index in [0.29, 0.717) is 13.2 Å². The van der Waals surface area contributed by atoms with Crippen molar-refractivity contribution in [2.75, 3.05) is 13.2 Å². The summed E-state index contributed by atoms with van der Waals surface area (Å²) in [5, 5.41) is 0. The Labute approximate surface area is 73.4 Å². The molecule has 3 heteroatoms. The van der Waals surface area contributed by atoms with E-state index in [0.717, 1.165) is 12.8 Å². The average Bonchev–Trinajstić information content (AvgIpc) is 2.05. The van der Waals surface area contributed by atoms with Crippen LogP contribution in [-0.4, -0.2) is 19.4 Å². The van der Waals surface area contributed by atoms with Crippen LogP contribution in [0.5, 0.6) is 0 Å². The monoisotopic (exact) mass is 172 g/mol. The summed E-state index contributed by atoms with van der Waals surface area (Å²) in [5.41, 5.74) is 0. The molecule has 0 saturated heterocycles. The van der Waals surface area contributed by atoms with Crippen LogP contribution in [0.1, 0.15) is 26.7 Å². The first-order chi connectivity index (χ1) is 5.81. The molecule has 0 aromatic carbocycles. The highest BCUT2D eigenvalue weighted by atomic mass is 16.7. The van der Waals surface area contributed by atoms with Crippen LogP contribution in [0.4, 0.5) is 4.79 Å². The lowest BCUT2D eigenvalue weighted by atomic mass is 10.3. The molecule has 0 aliphatic carbocycles. The fraction of sp³-hybridized carbons (Fsp3) is 0.667. The maximum Gasteiger partial charge on any atom is 0.508 e. The number of allylic oxidation sites excluding steroid dienone is 1. The number of carbonyl (C=O) groups is 1. The van der Waals surface area contributed by atoms with Crippen molar-refractivity contribution >= 4 is 6.16 Å². The first-order valence-electron chi connectivity index (χ1n) is 4.25. The Morgan fingerprint density at radius 1 is 1.25 bits per heavy atom. The van der Waals surface area contributed by atoms with Crippen molar-refractivity contribution in [2.24, 2.45) is 0 Å². The number of ether oxygens (including phenoxy) is 2. The molecule has 0 aliphatic heterocycles. The molecular formula is C9H16O3. The number of hydrogen-bond donors (Lipinski definition) is 0. The van der Waals surface area contributed by atoms with Gasteiger partial charge in [0.1, 0.15) is 6.61 Å². The lowest BCUT2D eigenvalue weighted by Crippen LogP contribution is -2.06. The van der Waals surface area contributed by atoms with Crippen LogP contribution in [0.15, 0.2) is 12.2 Å². The maximum atomic E-state index is 10.6. The number of rotatable bonds is 5. The van der Waals surface area contributed by atoms with Gasteiger partial charge >= 0.3 is 6.16 Å². The Bertz CT molecular complexity index is 141. The molecule has 0 saturated carbocycles. The lowest BCUT2D eigenvalue weighted by Gasteiger charge is -1.99. The number of carbonyl (C=O) groups excluding carboxylic acids is 1. The van der Waals surface area contributed by atoms with E-state index >= 15 is 0 Å². The lowest BCUT2D eigenvalue weighted by molar-refractivity contribution is 0.0673. The SMILES string of the molecule is CCC/C=C\COC(=O)OCC. The summed E-state index contributed by atoms with van der Waals surface area (Å²) >= 11 is 0. The van der Waals surface area contributed by atoms with Crippen LogP contribution in [0.3, 0.4) is 0 Å². The third kappa shape index (κ3) is 7.12. The van der Waals surface area contributed by atoms with E-state index in [1.807, 2.05) is 12.2 Å². The van der Waals surface area contributed by atoms with E-state index in [-0.39, 0.29) is 0 Å². The first kappa shape index (κ1) is 11.0. The summed E-state index contributed by atoms with van der Waals surface area (Å²) in [6, 6.07) is 0. The predicted octanol–water partition coefficient (Wildman–Crippen LogP) is 2.52. The van der Waals surface area contributed by atoms with Crippen molar-refractivity contribution in [2.45, 2.75) is 26.7 Å². The summed E-state index contributed by atoms with van der Waals surface area (Å²) < 4.78 is 9.23. The quantitative estimate of drug-likeness (QED) is 0.472. The standard InChI is InChI=1S/C9H16O3/c1-3-5-6-7-8-12-9(10)11-4-2/h6-7H,3-5,8H2,1-2H3/b7-6-. The van der Waals surface area contributed by atoms with Crippen molar-refractivity contribution in [1.82, 2.24) is 0 Å². The van der Waals surface area contributed by atoms with Gasteiger partial charge in [-0.25, -0.2) is 4.79 Å². The van der Waals surface area contributed by atoms with Crippen LogP contribution >= 0.6 is 0 Å². The van der Waals surface area contributed by atoms with Gasteiger partial charge in [0.2, 0.25) is 0 Å². The van der Waals surface area contributed by atoms with Crippen molar-refractivity contribution in [1.29, 1.82) is 0 Å². The van der Waals surface area contributed by atoms with E-state index < -0.39 is 6.16 Å². The molecule has 0 unspecified atom stereocenters. The molecule has 0 spiro atoms. The number of unbranched alkanes of at least 4 members (excludes halogenated alkanes) is 1. The van der Waals surface area contributed by atoms with Crippen LogP contribution in [0.25, 0.3) is 0 Å². The molecule has 0 amide bonds. The van der Waals surface area contributed by atoms with Crippen LogP contribution in [0, 0.1) is 0 Å². The van der Waals surface area contributed by atoms with E-state index in [9.17, 15) is 4.79 Å². The van der Waals surface area contributed by atoms with E-state index in [1.54, 1.807) is 6.92 Å². The van der Waals surface area contributed by atoms with E-state index in [4.69, 9.17) is 0 Å². The molecule has 0 aliphatic rings. The van der Waals surface area contributed by atoms with Crippen LogP contribution in [0.2, 0.25) is 0 Å². The van der Waals surface area contributed by atoms with Gasteiger partial charge in [0, 0.05) is 0 Å². The highest BCUT2D eigenvalue weighted by Crippen LogP contribution is 1.90. The molecule has 70 valence electrons. The molecular weight excluding hydrogens is 156 g/mol. The Balaban J connectivity index is 3.24. The van der Waals surface area contributed by atoms with Gasteiger partial charge in [0.05, 0.1) is 6.61 Å². The summed E-state index contributed by atoms with van der Waals surface area (Å²) in [6.45, 7) is 4.50. The van der Waals surface area contributed by atoms with Gasteiger partial charge in [0.15, 0.2) is 0 Å². The fourth-order valence-corrected chi connectivity index (χ4v) is 0.628. The third-order valence-corrected chi connectivity index (χ3v) is 1.18. The smallest absolute Gasteiger partial charge is 0.435 e. The average molecular weight is 172 g/mol. The minimum absolute atomic E-state index is 0.304. The van der Waals surface area contributed by atoms with Crippen LogP contribution in [-0.2, 0) is 9.47 Å². The van der Waals surface area contributed by atoms with Gasteiger partial charge in [0.25, 0.3) is 0 Å². The van der Waals surface area contributed by atoms with Crippen LogP contribution < -0.4 is 0 Å². The van der Waals surface area contributed by atoms with Crippen molar-refractivity contribution in [3.8, 4) is 0 Å². The highest BCUT2D eigenvalue weighted by Gasteiger charge is 1.97. The Hall–Kier alpha value is -0.990. The molecule has 0 aromatic heterocycles. The summed E-state index contributed by atoms with van der Waals surface area (Å²) in [4.78, 5) is 10.6. The van der Waals surface area contributed by atoms with Gasteiger partial charge < -0.3 is 9.47 Å². The summed E-state index contributed by atoms with van der Waals surface area (Å²) in [5.74, 6) is 0. The molecule has 0 radical (unpaired) electrons. The zero-order valence-corrected chi connectivity index (χ0v) is 7.71. The third-order valence-electron chi connectivity index (χ3n) is 1.18. The topological polar surface area (TPSA) is 35.5 Å². The highest BCUT2D eigenvalue weighted by molar-refractivity contribution is 5.59. The predicted molar refractivity (Wildman–Crippen MR) is 47.0 cm³/mol. The Morgan fingerprint density at radius 2 is 2.00 bits per heavy atom. The minimum Gasteiger partial charge on any atom is -0.435 e. The van der Waals surface area contributed by atoms with Gasteiger partial charge in [-0.05, 0) is 13.3 Å². The second-order valence-electron chi connectivity index (χ2n) is 2.25. The van der Waals surface area contributed by atoms with Crippen molar-refractivity contribution < 1.29 is 14.3 Å². The Kier molecular flexibility index (Phi) is 7.44. The summed E-state index contributed by atoms with van der Waals surface area (Å²) in [6.07, 6.45) is 5.33. The van der Waals surface area contributed by atoms with E-state index in [2.05, 4.69) is 16.4 Å². The van der Waals surface area contributed by atoms with Crippen molar-refractivity contribution in [3.05, 3.63) is 12.2 Å². The number of hydrogen-bond acceptors (Lipinski definition) is 3. The molecule has 0 heterocycles. The molecule has 0 aromatic rings. The molecule has 3 nitrogen and oxygen atoms in total. The minimum atomic E-state index is -0.598. The second kappa shape index (κ2) is 8.11. The molecule has 0 bridgehead atoms. The molecule has 0 rings (SSSR count). The summed E-state index contributed by atoms with van der Waals surface area (Å²) in [7, 11) is 0. The molecule has 12 heavy (non-hydrogen) atoms. The van der Waals surface area contributed by atoms with Gasteiger partial charge in [-0.2, -0.15) is 0 Å². The van der Waals surface area contributed by atoms with Gasteiger partial charge in [-0.15, -0.1) is 0 Å². The maximum absolute atomic E-state index is 10.6. The first-order valence-corrected chi connectivity index (χ1v) is 4.25. The largest absolute Gasteiger partial charge is 0.508 e. The Morgan fingerprint density at radius 3 is 2.58 bits per heavy atom.